The van der Waals surface area contributed by atoms with Crippen LogP contribution in [0.3, 0.4) is 0 Å². The SMILES string of the molecule is CC(C)c1cc(F)c(C(C)C)nc1CO. The Morgan fingerprint density at radius 3 is 2.27 bits per heavy atom. The van der Waals surface area contributed by atoms with Crippen LogP contribution in [0.4, 0.5) is 4.39 Å². The number of halogens is 1. The smallest absolute Gasteiger partial charge is 0.145 e. The zero-order chi connectivity index (χ0) is 11.6. The van der Waals surface area contributed by atoms with Gasteiger partial charge in [0, 0.05) is 0 Å². The number of nitrogens with zero attached hydrogens (tertiary/aromatic N) is 1. The van der Waals surface area contributed by atoms with Crippen molar-refractivity contribution in [3.8, 4) is 0 Å². The Balaban J connectivity index is 3.29. The number of aliphatic hydroxyl groups is 1. The molecule has 0 spiro atoms. The van der Waals surface area contributed by atoms with Crippen molar-refractivity contribution in [2.45, 2.75) is 46.1 Å². The third-order valence-corrected chi connectivity index (χ3v) is 2.43. The maximum atomic E-state index is 13.6. The predicted octanol–water partition coefficient (Wildman–Crippen LogP) is 2.96. The molecule has 84 valence electrons. The third kappa shape index (κ3) is 2.53. The summed E-state index contributed by atoms with van der Waals surface area (Å²) in [7, 11) is 0. The lowest BCUT2D eigenvalue weighted by Gasteiger charge is -2.14. The molecule has 0 saturated heterocycles. The molecule has 1 rings (SSSR count). The van der Waals surface area contributed by atoms with Gasteiger partial charge in [-0.1, -0.05) is 27.7 Å². The molecule has 1 heterocycles. The molecule has 0 atom stereocenters. The Morgan fingerprint density at radius 1 is 1.27 bits per heavy atom. The monoisotopic (exact) mass is 211 g/mol. The molecule has 0 bridgehead atoms. The molecule has 0 aliphatic heterocycles. The third-order valence-electron chi connectivity index (χ3n) is 2.43. The van der Waals surface area contributed by atoms with Crippen LogP contribution in [0.25, 0.3) is 0 Å². The highest BCUT2D eigenvalue weighted by atomic mass is 19.1. The molecule has 0 radical (unpaired) electrons. The summed E-state index contributed by atoms with van der Waals surface area (Å²) in [6.45, 7) is 7.58. The molecule has 0 fully saturated rings. The number of hydrogen-bond donors (Lipinski definition) is 1. The van der Waals surface area contributed by atoms with E-state index in [1.807, 2.05) is 27.7 Å². The van der Waals surface area contributed by atoms with E-state index in [0.717, 1.165) is 5.56 Å². The molecule has 0 aromatic carbocycles. The molecule has 1 aromatic rings. The molecule has 0 aliphatic carbocycles. The average Bonchev–Trinajstić information content (AvgIpc) is 2.16. The van der Waals surface area contributed by atoms with Gasteiger partial charge in [0.15, 0.2) is 0 Å². The van der Waals surface area contributed by atoms with E-state index in [9.17, 15) is 9.50 Å². The van der Waals surface area contributed by atoms with E-state index >= 15 is 0 Å². The van der Waals surface area contributed by atoms with Gasteiger partial charge in [0.05, 0.1) is 18.0 Å². The minimum absolute atomic E-state index is 0.0384. The normalized spacial score (nSPS) is 11.5. The summed E-state index contributed by atoms with van der Waals surface area (Å²) in [5.74, 6) is -0.0576. The van der Waals surface area contributed by atoms with Crippen molar-refractivity contribution < 1.29 is 9.50 Å². The fraction of sp³-hybridized carbons (Fsp3) is 0.583. The summed E-state index contributed by atoms with van der Waals surface area (Å²) in [6, 6.07) is 1.50. The molecule has 0 unspecified atom stereocenters. The first-order chi connectivity index (χ1) is 6.97. The summed E-state index contributed by atoms with van der Waals surface area (Å²) in [5, 5.41) is 9.18. The summed E-state index contributed by atoms with van der Waals surface area (Å²) in [6.07, 6.45) is 0. The zero-order valence-electron chi connectivity index (χ0n) is 9.71. The van der Waals surface area contributed by atoms with Crippen molar-refractivity contribution in [1.29, 1.82) is 0 Å². The van der Waals surface area contributed by atoms with Crippen LogP contribution in [-0.2, 0) is 6.61 Å². The van der Waals surface area contributed by atoms with Crippen LogP contribution < -0.4 is 0 Å². The standard InChI is InChI=1S/C12H18FNO/c1-7(2)9-5-10(13)12(8(3)4)14-11(9)6-15/h5,7-8,15H,6H2,1-4H3. The molecule has 1 N–H and O–H groups in total. The Labute approximate surface area is 90.2 Å². The summed E-state index contributed by atoms with van der Waals surface area (Å²) < 4.78 is 13.6. The maximum absolute atomic E-state index is 13.6. The van der Waals surface area contributed by atoms with Crippen LogP contribution in [0.1, 0.15) is 56.5 Å². The number of hydrogen-bond acceptors (Lipinski definition) is 2. The molecule has 15 heavy (non-hydrogen) atoms. The largest absolute Gasteiger partial charge is 0.390 e. The topological polar surface area (TPSA) is 33.1 Å². The van der Waals surface area contributed by atoms with Gasteiger partial charge >= 0.3 is 0 Å². The van der Waals surface area contributed by atoms with Crippen molar-refractivity contribution in [3.05, 3.63) is 28.8 Å². The summed E-state index contributed by atoms with van der Waals surface area (Å²) >= 11 is 0. The van der Waals surface area contributed by atoms with Crippen molar-refractivity contribution in [2.24, 2.45) is 0 Å². The van der Waals surface area contributed by atoms with Crippen molar-refractivity contribution in [3.63, 3.8) is 0 Å². The van der Waals surface area contributed by atoms with Gasteiger partial charge < -0.3 is 5.11 Å². The molecule has 1 aromatic heterocycles. The van der Waals surface area contributed by atoms with Gasteiger partial charge in [-0.15, -0.1) is 0 Å². The van der Waals surface area contributed by atoms with Crippen LogP contribution in [0.5, 0.6) is 0 Å². The van der Waals surface area contributed by atoms with Crippen LogP contribution >= 0.6 is 0 Å². The highest BCUT2D eigenvalue weighted by Crippen LogP contribution is 2.24. The second-order valence-corrected chi connectivity index (χ2v) is 4.36. The van der Waals surface area contributed by atoms with E-state index in [0.29, 0.717) is 11.4 Å². The van der Waals surface area contributed by atoms with Crippen molar-refractivity contribution >= 4 is 0 Å². The van der Waals surface area contributed by atoms with E-state index in [1.165, 1.54) is 6.07 Å². The lowest BCUT2D eigenvalue weighted by Crippen LogP contribution is -2.07. The Morgan fingerprint density at radius 2 is 1.87 bits per heavy atom. The van der Waals surface area contributed by atoms with Crippen LogP contribution in [0.2, 0.25) is 0 Å². The zero-order valence-corrected chi connectivity index (χ0v) is 9.71. The van der Waals surface area contributed by atoms with E-state index in [2.05, 4.69) is 4.98 Å². The minimum Gasteiger partial charge on any atom is -0.390 e. The first-order valence-corrected chi connectivity index (χ1v) is 5.27. The maximum Gasteiger partial charge on any atom is 0.145 e. The van der Waals surface area contributed by atoms with Crippen molar-refractivity contribution in [1.82, 2.24) is 4.98 Å². The second kappa shape index (κ2) is 4.71. The number of pyridine rings is 1. The van der Waals surface area contributed by atoms with Gasteiger partial charge in [-0.2, -0.15) is 0 Å². The van der Waals surface area contributed by atoms with E-state index < -0.39 is 0 Å². The predicted molar refractivity (Wildman–Crippen MR) is 58.3 cm³/mol. The molecule has 3 heteroatoms. The summed E-state index contributed by atoms with van der Waals surface area (Å²) in [4.78, 5) is 4.19. The van der Waals surface area contributed by atoms with E-state index in [4.69, 9.17) is 0 Å². The van der Waals surface area contributed by atoms with E-state index in [-0.39, 0.29) is 24.3 Å². The first-order valence-electron chi connectivity index (χ1n) is 5.27. The van der Waals surface area contributed by atoms with E-state index in [1.54, 1.807) is 0 Å². The van der Waals surface area contributed by atoms with Gasteiger partial charge in [0.2, 0.25) is 0 Å². The fourth-order valence-corrected chi connectivity index (χ4v) is 1.59. The van der Waals surface area contributed by atoms with Crippen LogP contribution in [0, 0.1) is 5.82 Å². The first kappa shape index (κ1) is 12.1. The Kier molecular flexibility index (Phi) is 3.80. The number of aromatic nitrogens is 1. The second-order valence-electron chi connectivity index (χ2n) is 4.36. The van der Waals surface area contributed by atoms with Crippen molar-refractivity contribution in [2.75, 3.05) is 0 Å². The van der Waals surface area contributed by atoms with Gasteiger partial charge in [-0.3, -0.25) is 4.98 Å². The highest BCUT2D eigenvalue weighted by molar-refractivity contribution is 5.28. The van der Waals surface area contributed by atoms with Crippen LogP contribution in [-0.4, -0.2) is 10.1 Å². The van der Waals surface area contributed by atoms with Gasteiger partial charge in [-0.05, 0) is 23.5 Å². The Hall–Kier alpha value is -0.960. The lowest BCUT2D eigenvalue weighted by atomic mass is 9.99. The molecule has 2 nitrogen and oxygen atoms in total. The lowest BCUT2D eigenvalue weighted by molar-refractivity contribution is 0.274. The van der Waals surface area contributed by atoms with Gasteiger partial charge in [0.1, 0.15) is 5.82 Å². The quantitative estimate of drug-likeness (QED) is 0.833. The Bertz CT molecular complexity index is 348. The molecular weight excluding hydrogens is 193 g/mol. The van der Waals surface area contributed by atoms with Gasteiger partial charge in [-0.25, -0.2) is 4.39 Å². The number of rotatable bonds is 3. The summed E-state index contributed by atoms with van der Waals surface area (Å²) in [5.41, 5.74) is 1.82. The van der Waals surface area contributed by atoms with Gasteiger partial charge in [0.25, 0.3) is 0 Å². The average molecular weight is 211 g/mol. The minimum atomic E-state index is -0.272. The molecule has 0 aliphatic rings. The molecule has 0 amide bonds. The van der Waals surface area contributed by atoms with Crippen LogP contribution in [0.15, 0.2) is 6.07 Å². The fourth-order valence-electron chi connectivity index (χ4n) is 1.59. The molecule has 0 saturated carbocycles. The number of aliphatic hydroxyl groups excluding tert-OH is 1. The molecular formula is C12H18FNO. The highest BCUT2D eigenvalue weighted by Gasteiger charge is 2.15.